The molecule has 0 aromatic heterocycles. The van der Waals surface area contributed by atoms with Crippen molar-refractivity contribution >= 4 is 5.78 Å². The van der Waals surface area contributed by atoms with E-state index in [1.54, 1.807) is 12.5 Å². The monoisotopic (exact) mass is 218 g/mol. The van der Waals surface area contributed by atoms with Crippen LogP contribution in [0.15, 0.2) is 23.3 Å². The Balaban J connectivity index is 2.42. The minimum absolute atomic E-state index is 0.234. The van der Waals surface area contributed by atoms with Gasteiger partial charge in [-0.05, 0) is 42.6 Å². The maximum Gasteiger partial charge on any atom is 0.155 e. The average molecular weight is 218 g/mol. The van der Waals surface area contributed by atoms with Crippen molar-refractivity contribution in [3.05, 3.63) is 23.3 Å². The van der Waals surface area contributed by atoms with E-state index in [0.29, 0.717) is 5.41 Å². The van der Waals surface area contributed by atoms with Crippen molar-refractivity contribution in [1.29, 1.82) is 0 Å². The fourth-order valence-corrected chi connectivity index (χ4v) is 3.52. The molecule has 0 aliphatic heterocycles. The summed E-state index contributed by atoms with van der Waals surface area (Å²) in [5.74, 6) is 0.236. The fourth-order valence-electron chi connectivity index (χ4n) is 3.52. The normalized spacial score (nSPS) is 32.5. The largest absolute Gasteiger partial charge is 0.295 e. The summed E-state index contributed by atoms with van der Waals surface area (Å²) in [4.78, 5) is 11.5. The molecule has 0 radical (unpaired) electrons. The molecule has 0 bridgehead atoms. The molecule has 0 N–H and O–H groups in total. The molecule has 16 heavy (non-hydrogen) atoms. The molecule has 1 heteroatoms. The standard InChI is InChI=1S/C15H22O/c1-11(16)12-6-7-13-14(2,3)8-5-9-15(13,4)10-12/h6-7H,5,8-10H2,1-4H3. The maximum atomic E-state index is 11.5. The molecule has 2 aliphatic rings. The zero-order chi connectivity index (χ0) is 12.0. The number of fused-ring (bicyclic) bond motifs is 1. The summed E-state index contributed by atoms with van der Waals surface area (Å²) >= 11 is 0. The molecule has 88 valence electrons. The number of ketones is 1. The van der Waals surface area contributed by atoms with Gasteiger partial charge in [-0.15, -0.1) is 0 Å². The number of carbonyl (C=O) groups excluding carboxylic acids is 1. The molecule has 0 amide bonds. The van der Waals surface area contributed by atoms with Gasteiger partial charge in [0.15, 0.2) is 5.78 Å². The van der Waals surface area contributed by atoms with Gasteiger partial charge in [0.25, 0.3) is 0 Å². The van der Waals surface area contributed by atoms with E-state index in [1.807, 2.05) is 6.08 Å². The van der Waals surface area contributed by atoms with Crippen LogP contribution in [0.3, 0.4) is 0 Å². The Morgan fingerprint density at radius 3 is 2.50 bits per heavy atom. The van der Waals surface area contributed by atoms with E-state index in [0.717, 1.165) is 12.0 Å². The molecule has 1 nitrogen and oxygen atoms in total. The van der Waals surface area contributed by atoms with Crippen LogP contribution in [-0.2, 0) is 4.79 Å². The molecule has 0 aromatic carbocycles. The third-order valence-corrected chi connectivity index (χ3v) is 4.39. The molecule has 2 rings (SSSR count). The molecule has 1 saturated carbocycles. The van der Waals surface area contributed by atoms with Crippen molar-refractivity contribution in [1.82, 2.24) is 0 Å². The van der Waals surface area contributed by atoms with Gasteiger partial charge in [0.05, 0.1) is 0 Å². The molecule has 0 heterocycles. The van der Waals surface area contributed by atoms with Crippen molar-refractivity contribution in [2.75, 3.05) is 0 Å². The Labute approximate surface area is 98.6 Å². The summed E-state index contributed by atoms with van der Waals surface area (Å²) in [6.07, 6.45) is 9.00. The highest BCUT2D eigenvalue weighted by Gasteiger charge is 2.43. The molecule has 0 aromatic rings. The predicted octanol–water partition coefficient (Wildman–Crippen LogP) is 4.05. The van der Waals surface area contributed by atoms with Crippen LogP contribution in [0, 0.1) is 10.8 Å². The topological polar surface area (TPSA) is 17.1 Å². The van der Waals surface area contributed by atoms with Gasteiger partial charge in [0, 0.05) is 0 Å². The lowest BCUT2D eigenvalue weighted by Crippen LogP contribution is -2.36. The van der Waals surface area contributed by atoms with Gasteiger partial charge < -0.3 is 0 Å². The number of hydrogen-bond donors (Lipinski definition) is 0. The van der Waals surface area contributed by atoms with Gasteiger partial charge in [-0.25, -0.2) is 0 Å². The molecule has 1 unspecified atom stereocenters. The van der Waals surface area contributed by atoms with Crippen LogP contribution in [0.2, 0.25) is 0 Å². The van der Waals surface area contributed by atoms with E-state index in [9.17, 15) is 4.79 Å². The number of rotatable bonds is 1. The van der Waals surface area contributed by atoms with Crippen molar-refractivity contribution in [2.45, 2.75) is 53.4 Å². The summed E-state index contributed by atoms with van der Waals surface area (Å²) < 4.78 is 0. The zero-order valence-electron chi connectivity index (χ0n) is 10.9. The second-order valence-electron chi connectivity index (χ2n) is 6.30. The van der Waals surface area contributed by atoms with E-state index in [1.165, 1.54) is 19.3 Å². The smallest absolute Gasteiger partial charge is 0.155 e. The number of allylic oxidation sites excluding steroid dienone is 4. The quantitative estimate of drug-likeness (QED) is 0.649. The average Bonchev–Trinajstić information content (AvgIpc) is 2.15. The highest BCUT2D eigenvalue weighted by Crippen LogP contribution is 2.54. The Morgan fingerprint density at radius 1 is 1.19 bits per heavy atom. The zero-order valence-corrected chi connectivity index (χ0v) is 10.9. The molecule has 1 atom stereocenters. The van der Waals surface area contributed by atoms with Crippen LogP contribution < -0.4 is 0 Å². The second kappa shape index (κ2) is 3.58. The minimum atomic E-state index is 0.234. The molecule has 1 fully saturated rings. The van der Waals surface area contributed by atoms with Gasteiger partial charge in [-0.1, -0.05) is 44.9 Å². The van der Waals surface area contributed by atoms with Crippen LogP contribution in [0.1, 0.15) is 53.4 Å². The highest BCUT2D eigenvalue weighted by atomic mass is 16.1. The van der Waals surface area contributed by atoms with E-state index in [2.05, 4.69) is 26.8 Å². The van der Waals surface area contributed by atoms with Gasteiger partial charge in [-0.3, -0.25) is 4.79 Å². The molecular formula is C15H22O. The van der Waals surface area contributed by atoms with E-state index < -0.39 is 0 Å². The lowest BCUT2D eigenvalue weighted by Gasteiger charge is -2.48. The molecule has 0 spiro atoms. The van der Waals surface area contributed by atoms with Crippen LogP contribution in [0.4, 0.5) is 0 Å². The van der Waals surface area contributed by atoms with Crippen LogP contribution in [-0.4, -0.2) is 5.78 Å². The third-order valence-electron chi connectivity index (χ3n) is 4.39. The molecule has 2 aliphatic carbocycles. The van der Waals surface area contributed by atoms with Crippen molar-refractivity contribution in [3.63, 3.8) is 0 Å². The van der Waals surface area contributed by atoms with Gasteiger partial charge in [0.2, 0.25) is 0 Å². The molecular weight excluding hydrogens is 196 g/mol. The Morgan fingerprint density at radius 2 is 1.88 bits per heavy atom. The van der Waals surface area contributed by atoms with Crippen LogP contribution in [0.25, 0.3) is 0 Å². The van der Waals surface area contributed by atoms with Crippen molar-refractivity contribution in [3.8, 4) is 0 Å². The minimum Gasteiger partial charge on any atom is -0.295 e. The summed E-state index contributed by atoms with van der Waals surface area (Å²) in [5, 5.41) is 0. The van der Waals surface area contributed by atoms with E-state index in [4.69, 9.17) is 0 Å². The Kier molecular flexibility index (Phi) is 2.60. The first kappa shape index (κ1) is 11.6. The summed E-state index contributed by atoms with van der Waals surface area (Å²) in [6, 6.07) is 0. The SMILES string of the molecule is CC(=O)C1=CC=C2C(C)(C)CCCC2(C)C1. The summed E-state index contributed by atoms with van der Waals surface area (Å²) in [7, 11) is 0. The second-order valence-corrected chi connectivity index (χ2v) is 6.30. The van der Waals surface area contributed by atoms with E-state index in [-0.39, 0.29) is 11.2 Å². The van der Waals surface area contributed by atoms with Crippen LogP contribution in [0.5, 0.6) is 0 Å². The van der Waals surface area contributed by atoms with Crippen molar-refractivity contribution in [2.24, 2.45) is 10.8 Å². The van der Waals surface area contributed by atoms with E-state index >= 15 is 0 Å². The Bertz CT molecular complexity index is 384. The van der Waals surface area contributed by atoms with Crippen molar-refractivity contribution < 1.29 is 4.79 Å². The predicted molar refractivity (Wildman–Crippen MR) is 67.2 cm³/mol. The van der Waals surface area contributed by atoms with Crippen LogP contribution >= 0.6 is 0 Å². The summed E-state index contributed by atoms with van der Waals surface area (Å²) in [5.41, 5.74) is 3.10. The maximum absolute atomic E-state index is 11.5. The number of Topliss-reactive ketones (excluding diaryl/α,β-unsaturated/α-hetero) is 1. The molecule has 0 saturated heterocycles. The van der Waals surface area contributed by atoms with Gasteiger partial charge >= 0.3 is 0 Å². The number of carbonyl (C=O) groups is 1. The van der Waals surface area contributed by atoms with Gasteiger partial charge in [-0.2, -0.15) is 0 Å². The Hall–Kier alpha value is -0.850. The fraction of sp³-hybridized carbons (Fsp3) is 0.667. The van der Waals surface area contributed by atoms with Gasteiger partial charge in [0.1, 0.15) is 0 Å². The first-order valence-electron chi connectivity index (χ1n) is 6.28. The number of hydrogen-bond acceptors (Lipinski definition) is 1. The first-order chi connectivity index (χ1) is 7.35. The summed E-state index contributed by atoms with van der Waals surface area (Å²) in [6.45, 7) is 8.68. The third kappa shape index (κ3) is 1.77. The highest BCUT2D eigenvalue weighted by molar-refractivity contribution is 5.94. The lowest BCUT2D eigenvalue weighted by molar-refractivity contribution is -0.114. The lowest BCUT2D eigenvalue weighted by atomic mass is 9.57. The first-order valence-corrected chi connectivity index (χ1v) is 6.28.